The van der Waals surface area contributed by atoms with Gasteiger partial charge in [-0.05, 0) is 23.6 Å². The van der Waals surface area contributed by atoms with E-state index in [0.717, 1.165) is 22.7 Å². The molecule has 0 aliphatic heterocycles. The summed E-state index contributed by atoms with van der Waals surface area (Å²) < 4.78 is 0.255. The molecule has 2 aromatic heterocycles. The van der Waals surface area contributed by atoms with Gasteiger partial charge in [0.1, 0.15) is 5.01 Å². The number of thioether (sulfide) groups is 1. The number of hydrogen-bond donors (Lipinski definition) is 1. The van der Waals surface area contributed by atoms with Crippen LogP contribution in [-0.2, 0) is 4.79 Å². The molecular weight excluding hydrogens is 322 g/mol. The van der Waals surface area contributed by atoms with Crippen LogP contribution in [-0.4, -0.2) is 26.6 Å². The Kier molecular flexibility index (Phi) is 5.78. The van der Waals surface area contributed by atoms with E-state index in [-0.39, 0.29) is 10.7 Å². The van der Waals surface area contributed by atoms with Crippen molar-refractivity contribution in [2.45, 2.75) is 38.4 Å². The van der Waals surface area contributed by atoms with Gasteiger partial charge in [-0.3, -0.25) is 4.79 Å². The van der Waals surface area contributed by atoms with Gasteiger partial charge in [-0.25, -0.2) is 0 Å². The Morgan fingerprint density at radius 2 is 2.19 bits per heavy atom. The molecule has 0 saturated heterocycles. The average molecular weight is 342 g/mol. The Morgan fingerprint density at radius 1 is 1.38 bits per heavy atom. The molecule has 0 radical (unpaired) electrons. The molecular formula is C14H19N3OS3. The van der Waals surface area contributed by atoms with Crippen LogP contribution < -0.4 is 5.32 Å². The van der Waals surface area contributed by atoms with Crippen LogP contribution in [0.3, 0.4) is 0 Å². The SMILES string of the molecule is CC(C)(C)SCCCC(=O)Nc1nnc(-c2ccsc2)s1. The highest BCUT2D eigenvalue weighted by Crippen LogP contribution is 2.28. The number of amides is 1. The molecule has 0 fully saturated rings. The monoisotopic (exact) mass is 341 g/mol. The van der Waals surface area contributed by atoms with Crippen molar-refractivity contribution in [3.63, 3.8) is 0 Å². The number of carbonyl (C=O) groups excluding carboxylic acids is 1. The van der Waals surface area contributed by atoms with Gasteiger partial charge in [-0.1, -0.05) is 32.1 Å². The normalized spacial score (nSPS) is 11.6. The van der Waals surface area contributed by atoms with Crippen LogP contribution >= 0.6 is 34.4 Å². The Hall–Kier alpha value is -0.920. The number of hydrogen-bond acceptors (Lipinski definition) is 6. The zero-order chi connectivity index (χ0) is 15.3. The van der Waals surface area contributed by atoms with Crippen LogP contribution in [0.15, 0.2) is 16.8 Å². The molecule has 0 unspecified atom stereocenters. The van der Waals surface area contributed by atoms with Crippen molar-refractivity contribution in [3.05, 3.63) is 16.8 Å². The Bertz CT molecular complexity index is 573. The summed E-state index contributed by atoms with van der Waals surface area (Å²) in [6, 6.07) is 2.00. The van der Waals surface area contributed by atoms with Crippen LogP contribution in [0.4, 0.5) is 5.13 Å². The number of thiophene rings is 1. The van der Waals surface area contributed by atoms with Crippen LogP contribution in [0, 0.1) is 0 Å². The van der Waals surface area contributed by atoms with Gasteiger partial charge >= 0.3 is 0 Å². The van der Waals surface area contributed by atoms with Gasteiger partial charge in [0.15, 0.2) is 0 Å². The summed E-state index contributed by atoms with van der Waals surface area (Å²) in [7, 11) is 0. The number of aromatic nitrogens is 2. The molecule has 1 amide bonds. The number of anilines is 1. The third kappa shape index (κ3) is 5.76. The lowest BCUT2D eigenvalue weighted by Gasteiger charge is -2.16. The summed E-state index contributed by atoms with van der Waals surface area (Å²) in [5.41, 5.74) is 1.06. The second-order valence-corrected chi connectivity index (χ2v) is 9.22. The molecule has 7 heteroatoms. The van der Waals surface area contributed by atoms with Gasteiger partial charge in [-0.15, -0.1) is 10.2 Å². The zero-order valence-corrected chi connectivity index (χ0v) is 14.8. The first-order valence-corrected chi connectivity index (χ1v) is 9.48. The lowest BCUT2D eigenvalue weighted by atomic mass is 10.3. The lowest BCUT2D eigenvalue weighted by Crippen LogP contribution is -2.13. The van der Waals surface area contributed by atoms with E-state index in [9.17, 15) is 4.79 Å². The predicted octanol–water partition coefficient (Wildman–Crippen LogP) is 4.52. The Morgan fingerprint density at radius 3 is 2.86 bits per heavy atom. The molecule has 0 spiro atoms. The first-order chi connectivity index (χ1) is 9.94. The summed E-state index contributed by atoms with van der Waals surface area (Å²) in [5, 5.41) is 16.4. The minimum absolute atomic E-state index is 0.0116. The first-order valence-electron chi connectivity index (χ1n) is 6.74. The van der Waals surface area contributed by atoms with E-state index < -0.39 is 0 Å². The Labute approximate surface area is 137 Å². The van der Waals surface area contributed by atoms with Crippen LogP contribution in [0.25, 0.3) is 10.6 Å². The van der Waals surface area contributed by atoms with Crippen molar-refractivity contribution >= 4 is 45.5 Å². The van der Waals surface area contributed by atoms with Gasteiger partial charge in [0.05, 0.1) is 0 Å². The maximum absolute atomic E-state index is 11.9. The predicted molar refractivity (Wildman–Crippen MR) is 93.3 cm³/mol. The smallest absolute Gasteiger partial charge is 0.226 e. The molecule has 0 aliphatic carbocycles. The highest BCUT2D eigenvalue weighted by molar-refractivity contribution is 8.00. The van der Waals surface area contributed by atoms with E-state index in [2.05, 4.69) is 36.3 Å². The fourth-order valence-corrected chi connectivity index (χ4v) is 3.94. The van der Waals surface area contributed by atoms with E-state index in [0.29, 0.717) is 11.6 Å². The quantitative estimate of drug-likeness (QED) is 0.785. The van der Waals surface area contributed by atoms with Crippen LogP contribution in [0.1, 0.15) is 33.6 Å². The molecule has 4 nitrogen and oxygen atoms in total. The molecule has 1 N–H and O–H groups in total. The van der Waals surface area contributed by atoms with E-state index in [4.69, 9.17) is 0 Å². The maximum atomic E-state index is 11.9. The topological polar surface area (TPSA) is 54.9 Å². The van der Waals surface area contributed by atoms with Crippen molar-refractivity contribution in [2.24, 2.45) is 0 Å². The summed E-state index contributed by atoms with van der Waals surface area (Å²) >= 11 is 4.91. The maximum Gasteiger partial charge on any atom is 0.226 e. The molecule has 0 aromatic carbocycles. The highest BCUT2D eigenvalue weighted by atomic mass is 32.2. The molecule has 0 atom stereocenters. The molecule has 0 aliphatic rings. The molecule has 21 heavy (non-hydrogen) atoms. The number of rotatable bonds is 6. The number of nitrogens with zero attached hydrogens (tertiary/aromatic N) is 2. The van der Waals surface area contributed by atoms with Crippen molar-refractivity contribution in [1.29, 1.82) is 0 Å². The van der Waals surface area contributed by atoms with Gasteiger partial charge in [0.2, 0.25) is 11.0 Å². The minimum Gasteiger partial charge on any atom is -0.301 e. The largest absolute Gasteiger partial charge is 0.301 e. The van der Waals surface area contributed by atoms with E-state index >= 15 is 0 Å². The number of nitrogens with one attached hydrogen (secondary N) is 1. The van der Waals surface area contributed by atoms with Gasteiger partial charge in [-0.2, -0.15) is 23.1 Å². The molecule has 2 heterocycles. The van der Waals surface area contributed by atoms with Crippen molar-refractivity contribution in [2.75, 3.05) is 11.1 Å². The van der Waals surface area contributed by atoms with Crippen molar-refractivity contribution in [3.8, 4) is 10.6 Å². The average Bonchev–Trinajstić information content (AvgIpc) is 3.03. The zero-order valence-electron chi connectivity index (χ0n) is 12.4. The summed E-state index contributed by atoms with van der Waals surface area (Å²) in [6.07, 6.45) is 1.40. The second kappa shape index (κ2) is 7.38. The highest BCUT2D eigenvalue weighted by Gasteiger charge is 2.12. The second-order valence-electron chi connectivity index (χ2n) is 5.54. The Balaban J connectivity index is 1.76. The summed E-state index contributed by atoms with van der Waals surface area (Å²) in [6.45, 7) is 6.56. The first kappa shape index (κ1) is 16.5. The van der Waals surface area contributed by atoms with Crippen LogP contribution in [0.5, 0.6) is 0 Å². The molecule has 114 valence electrons. The van der Waals surface area contributed by atoms with E-state index in [1.807, 2.05) is 28.6 Å². The summed E-state index contributed by atoms with van der Waals surface area (Å²) in [4.78, 5) is 11.9. The van der Waals surface area contributed by atoms with Gasteiger partial charge in [0, 0.05) is 22.1 Å². The third-order valence-corrected chi connectivity index (χ3v) is 5.45. The summed E-state index contributed by atoms with van der Waals surface area (Å²) in [5.74, 6) is 1.00. The molecule has 0 bridgehead atoms. The molecule has 0 saturated carbocycles. The molecule has 2 rings (SSSR count). The van der Waals surface area contributed by atoms with Crippen molar-refractivity contribution < 1.29 is 4.79 Å². The van der Waals surface area contributed by atoms with E-state index in [1.54, 1.807) is 11.3 Å². The fourth-order valence-electron chi connectivity index (χ4n) is 1.57. The van der Waals surface area contributed by atoms with Gasteiger partial charge < -0.3 is 5.32 Å². The fraction of sp³-hybridized carbons (Fsp3) is 0.500. The standard InChI is InChI=1S/C14H19N3OS3/c1-14(2,3)20-7-4-5-11(18)15-13-17-16-12(21-13)10-6-8-19-9-10/h6,8-9H,4-5,7H2,1-3H3,(H,15,17,18). The van der Waals surface area contributed by atoms with Crippen molar-refractivity contribution in [1.82, 2.24) is 10.2 Å². The third-order valence-electron chi connectivity index (χ3n) is 2.52. The lowest BCUT2D eigenvalue weighted by molar-refractivity contribution is -0.116. The van der Waals surface area contributed by atoms with E-state index in [1.165, 1.54) is 11.3 Å². The minimum atomic E-state index is 0.0116. The van der Waals surface area contributed by atoms with Gasteiger partial charge in [0.25, 0.3) is 0 Å². The van der Waals surface area contributed by atoms with Crippen LogP contribution in [0.2, 0.25) is 0 Å². The molecule has 2 aromatic rings. The number of carbonyl (C=O) groups is 1.